The molecule has 0 N–H and O–H groups in total. The van der Waals surface area contributed by atoms with Crippen LogP contribution in [0.15, 0.2) is 17.0 Å². The third-order valence-electron chi connectivity index (χ3n) is 4.92. The van der Waals surface area contributed by atoms with Crippen LogP contribution in [0.25, 0.3) is 0 Å². The van der Waals surface area contributed by atoms with Crippen LogP contribution in [0.2, 0.25) is 0 Å². The standard InChI is InChI=1S/C16H18F5OPS3/c1-7(2)8-4-5-16(3)9(6-8)25-23(24,22-16)26-15-13(20)11(18)10(17)12(19)14(15)21/h8-9,23-24H,1,4-6H2,2-3H3/t8-,9+,16+/m1/s1. The molecule has 1 saturated heterocycles. The molecule has 3 rings (SSSR count). The molecule has 1 aromatic carbocycles. The van der Waals surface area contributed by atoms with Crippen molar-refractivity contribution >= 4 is 40.1 Å². The van der Waals surface area contributed by atoms with Crippen molar-refractivity contribution in [2.45, 2.75) is 48.9 Å². The van der Waals surface area contributed by atoms with Crippen LogP contribution in [-0.2, 0) is 4.52 Å². The molecule has 0 amide bonds. The van der Waals surface area contributed by atoms with Crippen LogP contribution in [0.4, 0.5) is 22.0 Å². The predicted octanol–water partition coefficient (Wildman–Crippen LogP) is 7.08. The topological polar surface area (TPSA) is 9.23 Å². The first-order valence-corrected chi connectivity index (χ1v) is 14.3. The molecule has 1 aliphatic heterocycles. The Morgan fingerprint density at radius 1 is 1.19 bits per heavy atom. The number of hydrogen-bond donors (Lipinski definition) is 1. The second kappa shape index (κ2) is 7.14. The van der Waals surface area contributed by atoms with Gasteiger partial charge < -0.3 is 0 Å². The van der Waals surface area contributed by atoms with Gasteiger partial charge in [-0.2, -0.15) is 0 Å². The summed E-state index contributed by atoms with van der Waals surface area (Å²) in [6.45, 7) is 7.87. The van der Waals surface area contributed by atoms with Crippen molar-refractivity contribution in [3.63, 3.8) is 0 Å². The van der Waals surface area contributed by atoms with Crippen molar-refractivity contribution in [2.24, 2.45) is 5.92 Å². The molecule has 0 unspecified atom stereocenters. The van der Waals surface area contributed by atoms with E-state index in [1.54, 1.807) is 0 Å². The van der Waals surface area contributed by atoms with E-state index < -0.39 is 44.7 Å². The Morgan fingerprint density at radius 3 is 2.27 bits per heavy atom. The molecule has 2 aliphatic rings. The average Bonchev–Trinajstić information content (AvgIpc) is 2.84. The molecule has 146 valence electrons. The van der Waals surface area contributed by atoms with Gasteiger partial charge in [-0.25, -0.2) is 0 Å². The monoisotopic (exact) mass is 448 g/mol. The molecule has 2 fully saturated rings. The quantitative estimate of drug-likeness (QED) is 0.132. The first kappa shape index (κ1) is 20.8. The second-order valence-corrected chi connectivity index (χ2v) is 18.8. The number of benzene rings is 1. The van der Waals surface area contributed by atoms with Gasteiger partial charge in [0.15, 0.2) is 0 Å². The summed E-state index contributed by atoms with van der Waals surface area (Å²) < 4.78 is 74.4. The first-order chi connectivity index (χ1) is 12.0. The molecule has 1 saturated carbocycles. The molecule has 1 aromatic rings. The summed E-state index contributed by atoms with van der Waals surface area (Å²) in [7, 11) is 0. The molecule has 0 bridgehead atoms. The third kappa shape index (κ3) is 3.54. The van der Waals surface area contributed by atoms with Crippen LogP contribution in [-0.4, -0.2) is 10.9 Å². The van der Waals surface area contributed by atoms with Gasteiger partial charge in [0, 0.05) is 0 Å². The molecule has 0 radical (unpaired) electrons. The summed E-state index contributed by atoms with van der Waals surface area (Å²) in [5.74, 6) is -9.41. The van der Waals surface area contributed by atoms with Gasteiger partial charge in [0.1, 0.15) is 0 Å². The minimum absolute atomic E-state index is 0.0379. The number of hydrogen-bond acceptors (Lipinski definition) is 4. The maximum atomic E-state index is 14.0. The van der Waals surface area contributed by atoms with Crippen molar-refractivity contribution in [1.29, 1.82) is 0 Å². The summed E-state index contributed by atoms with van der Waals surface area (Å²) >= 11 is 6.44. The molecular weight excluding hydrogens is 430 g/mol. The van der Waals surface area contributed by atoms with E-state index in [9.17, 15) is 22.0 Å². The summed E-state index contributed by atoms with van der Waals surface area (Å²) in [4.78, 5) is -0.922. The van der Waals surface area contributed by atoms with Crippen molar-refractivity contribution in [1.82, 2.24) is 0 Å². The van der Waals surface area contributed by atoms with Gasteiger partial charge in [0.2, 0.25) is 0 Å². The second-order valence-electron chi connectivity index (χ2n) is 6.86. The fourth-order valence-corrected chi connectivity index (χ4v) is 15.9. The number of thiol groups is 1. The van der Waals surface area contributed by atoms with Crippen LogP contribution in [0, 0.1) is 35.0 Å². The molecule has 10 heteroatoms. The number of rotatable bonds is 3. The van der Waals surface area contributed by atoms with E-state index in [-0.39, 0.29) is 5.25 Å². The van der Waals surface area contributed by atoms with Crippen LogP contribution >= 0.6 is 40.1 Å². The van der Waals surface area contributed by atoms with Gasteiger partial charge >= 0.3 is 163 Å². The van der Waals surface area contributed by atoms with Crippen LogP contribution in [0.5, 0.6) is 0 Å². The molecule has 0 spiro atoms. The minimum atomic E-state index is -3.16. The Morgan fingerprint density at radius 2 is 1.73 bits per heavy atom. The van der Waals surface area contributed by atoms with E-state index in [4.69, 9.17) is 4.52 Å². The molecular formula is C16H18F5OPS3. The van der Waals surface area contributed by atoms with E-state index in [0.29, 0.717) is 17.3 Å². The van der Waals surface area contributed by atoms with Crippen LogP contribution in [0.1, 0.15) is 33.1 Å². The maximum absolute atomic E-state index is 14.0. The van der Waals surface area contributed by atoms with Gasteiger partial charge in [0.05, 0.1) is 0 Å². The summed E-state index contributed by atoms with van der Waals surface area (Å²) in [5.41, 5.74) is 0.542. The molecule has 0 aromatic heterocycles. The number of halogens is 5. The fourth-order valence-electron chi connectivity index (χ4n) is 3.33. The Bertz CT molecular complexity index is 750. The number of fused-ring (bicyclic) bond motifs is 1. The Labute approximate surface area is 162 Å². The van der Waals surface area contributed by atoms with E-state index in [1.807, 2.05) is 13.8 Å². The summed E-state index contributed by atoms with van der Waals surface area (Å²) in [6, 6.07) is 0. The zero-order chi connectivity index (χ0) is 19.4. The van der Waals surface area contributed by atoms with Crippen LogP contribution < -0.4 is 0 Å². The van der Waals surface area contributed by atoms with Crippen molar-refractivity contribution in [3.05, 3.63) is 41.2 Å². The summed E-state index contributed by atoms with van der Waals surface area (Å²) in [5, 5.41) is -3.12. The zero-order valence-corrected chi connectivity index (χ0v) is 17.6. The van der Waals surface area contributed by atoms with Gasteiger partial charge in [-0.1, -0.05) is 0 Å². The van der Waals surface area contributed by atoms with Gasteiger partial charge in [0.25, 0.3) is 0 Å². The Balaban J connectivity index is 1.89. The van der Waals surface area contributed by atoms with E-state index in [0.717, 1.165) is 24.8 Å². The Kier molecular flexibility index (Phi) is 5.70. The molecule has 1 nitrogen and oxygen atoms in total. The normalized spacial score (nSPS) is 31.5. The Hall–Kier alpha value is 0.0500. The van der Waals surface area contributed by atoms with Crippen molar-refractivity contribution < 1.29 is 26.5 Å². The van der Waals surface area contributed by atoms with E-state index >= 15 is 0 Å². The SMILES string of the molecule is C=C(C)[C@@H]1CC[C@]2(C)O[PH](S)(Sc3c(F)c(F)c(F)c(F)c3F)S[C@H]2C1. The van der Waals surface area contributed by atoms with E-state index in [2.05, 4.69) is 18.8 Å². The van der Waals surface area contributed by atoms with Gasteiger partial charge in [-0.3, -0.25) is 0 Å². The average molecular weight is 448 g/mol. The molecule has 3 atom stereocenters. The van der Waals surface area contributed by atoms with Crippen molar-refractivity contribution in [3.8, 4) is 0 Å². The molecule has 26 heavy (non-hydrogen) atoms. The summed E-state index contributed by atoms with van der Waals surface area (Å²) in [6.07, 6.45) is 2.41. The van der Waals surface area contributed by atoms with Crippen LogP contribution in [0.3, 0.4) is 0 Å². The molecule has 1 aliphatic carbocycles. The predicted molar refractivity (Wildman–Crippen MR) is 102 cm³/mol. The third-order valence-corrected chi connectivity index (χ3v) is 15.0. The zero-order valence-electron chi connectivity index (χ0n) is 14.0. The fraction of sp³-hybridized carbons (Fsp3) is 0.500. The first-order valence-electron chi connectivity index (χ1n) is 7.93. The number of allylic oxidation sites excluding steroid dienone is 1. The molecule has 1 heterocycles. The van der Waals surface area contributed by atoms with Gasteiger partial charge in [-0.15, -0.1) is 0 Å². The van der Waals surface area contributed by atoms with E-state index in [1.165, 1.54) is 11.4 Å². The van der Waals surface area contributed by atoms with Crippen molar-refractivity contribution in [2.75, 3.05) is 0 Å². The van der Waals surface area contributed by atoms with Gasteiger partial charge in [-0.05, 0) is 0 Å².